The molecular weight excluding hydrogens is 352 g/mol. The van der Waals surface area contributed by atoms with E-state index in [9.17, 15) is 0 Å². The Morgan fingerprint density at radius 1 is 0.793 bits per heavy atom. The summed E-state index contributed by atoms with van der Waals surface area (Å²) in [7, 11) is 0. The fraction of sp³-hybridized carbons (Fsp3) is 0.714. The highest BCUT2D eigenvalue weighted by Gasteiger charge is 2.24. The Labute approximate surface area is 180 Å². The van der Waals surface area contributed by atoms with E-state index < -0.39 is 0 Å². The molecule has 2 aliphatic rings. The minimum atomic E-state index is 0.758. The number of hydrogen-bond acceptors (Lipinski definition) is 1. The first-order valence-corrected chi connectivity index (χ1v) is 12.5. The van der Waals surface area contributed by atoms with Crippen molar-refractivity contribution in [2.45, 2.75) is 97.0 Å². The molecular formula is C28H44O. The summed E-state index contributed by atoms with van der Waals surface area (Å²) in [5, 5.41) is 0. The molecule has 0 atom stereocenters. The zero-order valence-electron chi connectivity index (χ0n) is 18.9. The highest BCUT2D eigenvalue weighted by molar-refractivity contribution is 5.22. The van der Waals surface area contributed by atoms with Gasteiger partial charge in [-0.1, -0.05) is 75.8 Å². The van der Waals surface area contributed by atoms with Gasteiger partial charge in [0.25, 0.3) is 0 Å². The van der Waals surface area contributed by atoms with Crippen LogP contribution in [-0.2, 0) is 17.8 Å². The maximum atomic E-state index is 5.64. The van der Waals surface area contributed by atoms with Crippen LogP contribution in [0.1, 0.15) is 95.1 Å². The third-order valence-corrected chi connectivity index (χ3v) is 7.66. The van der Waals surface area contributed by atoms with Crippen molar-refractivity contribution in [1.29, 1.82) is 0 Å². The number of aryl methyl sites for hydroxylation is 1. The fourth-order valence-corrected chi connectivity index (χ4v) is 5.50. The summed E-state index contributed by atoms with van der Waals surface area (Å²) in [4.78, 5) is 0. The number of ether oxygens (including phenoxy) is 1. The molecule has 0 aliphatic heterocycles. The second-order valence-corrected chi connectivity index (χ2v) is 9.89. The highest BCUT2D eigenvalue weighted by atomic mass is 16.5. The summed E-state index contributed by atoms with van der Waals surface area (Å²) in [6.45, 7) is 7.76. The Balaban J connectivity index is 1.27. The van der Waals surface area contributed by atoms with Gasteiger partial charge >= 0.3 is 0 Å². The highest BCUT2D eigenvalue weighted by Crippen LogP contribution is 2.37. The van der Waals surface area contributed by atoms with Gasteiger partial charge in [-0.2, -0.15) is 0 Å². The summed E-state index contributed by atoms with van der Waals surface area (Å²) in [6.07, 6.45) is 20.5. The standard InChI is InChI=1S/C28H44O/c1-3-21-29-22-28-19-17-27(18-20-28)16-15-26-13-11-25(12-14-26)10-9-24-7-5-23(4-2)6-8-24/h4,17-20,23-26H,2-3,5-16,21-22H2,1H3/t23-,24-,25-,26-. The Morgan fingerprint density at radius 2 is 1.31 bits per heavy atom. The third kappa shape index (κ3) is 7.93. The molecule has 2 saturated carbocycles. The van der Waals surface area contributed by atoms with Crippen LogP contribution in [0.15, 0.2) is 36.9 Å². The minimum Gasteiger partial charge on any atom is -0.377 e. The van der Waals surface area contributed by atoms with Gasteiger partial charge in [-0.15, -0.1) is 6.58 Å². The van der Waals surface area contributed by atoms with Crippen LogP contribution in [0.2, 0.25) is 0 Å². The van der Waals surface area contributed by atoms with Crippen LogP contribution < -0.4 is 0 Å². The molecule has 1 nitrogen and oxygen atoms in total. The molecule has 0 aromatic heterocycles. The van der Waals surface area contributed by atoms with E-state index in [1.165, 1.54) is 88.2 Å². The van der Waals surface area contributed by atoms with E-state index in [2.05, 4.69) is 43.8 Å². The van der Waals surface area contributed by atoms with Crippen molar-refractivity contribution in [2.24, 2.45) is 23.7 Å². The van der Waals surface area contributed by atoms with Crippen molar-refractivity contribution in [2.75, 3.05) is 6.61 Å². The molecule has 0 spiro atoms. The van der Waals surface area contributed by atoms with Gasteiger partial charge < -0.3 is 4.74 Å². The van der Waals surface area contributed by atoms with Crippen molar-refractivity contribution >= 4 is 0 Å². The maximum Gasteiger partial charge on any atom is 0.0716 e. The van der Waals surface area contributed by atoms with Gasteiger partial charge in [0.15, 0.2) is 0 Å². The summed E-state index contributed by atoms with van der Waals surface area (Å²) in [5.41, 5.74) is 2.81. The van der Waals surface area contributed by atoms with Crippen LogP contribution in [0.25, 0.3) is 0 Å². The minimum absolute atomic E-state index is 0.758. The third-order valence-electron chi connectivity index (χ3n) is 7.66. The lowest BCUT2D eigenvalue weighted by Gasteiger charge is -2.31. The van der Waals surface area contributed by atoms with Crippen LogP contribution in [0.3, 0.4) is 0 Å². The SMILES string of the molecule is C=C[C@H]1CC[C@H](CC[C@H]2CC[C@H](CCc3ccc(COCCC)cc3)CC2)CC1. The number of allylic oxidation sites excluding steroid dienone is 1. The van der Waals surface area contributed by atoms with Gasteiger partial charge in [0, 0.05) is 6.61 Å². The first-order valence-electron chi connectivity index (χ1n) is 12.5. The Bertz CT molecular complexity index is 558. The van der Waals surface area contributed by atoms with Gasteiger partial charge in [0.2, 0.25) is 0 Å². The van der Waals surface area contributed by atoms with E-state index in [-0.39, 0.29) is 0 Å². The maximum absolute atomic E-state index is 5.64. The molecule has 0 radical (unpaired) electrons. The zero-order valence-corrected chi connectivity index (χ0v) is 18.9. The topological polar surface area (TPSA) is 9.23 Å². The summed E-state index contributed by atoms with van der Waals surface area (Å²) >= 11 is 0. The molecule has 2 fully saturated rings. The predicted molar refractivity (Wildman–Crippen MR) is 125 cm³/mol. The quantitative estimate of drug-likeness (QED) is 0.271. The Kier molecular flexibility index (Phi) is 9.80. The molecule has 0 N–H and O–H groups in total. The average Bonchev–Trinajstić information content (AvgIpc) is 2.78. The van der Waals surface area contributed by atoms with Crippen LogP contribution >= 0.6 is 0 Å². The van der Waals surface area contributed by atoms with Crippen LogP contribution in [0.4, 0.5) is 0 Å². The molecule has 1 heteroatoms. The largest absolute Gasteiger partial charge is 0.377 e. The van der Waals surface area contributed by atoms with Gasteiger partial charge in [-0.05, 0) is 79.7 Å². The van der Waals surface area contributed by atoms with Crippen molar-refractivity contribution in [3.05, 3.63) is 48.0 Å². The second-order valence-electron chi connectivity index (χ2n) is 9.89. The molecule has 0 amide bonds. The smallest absolute Gasteiger partial charge is 0.0716 e. The molecule has 0 bridgehead atoms. The van der Waals surface area contributed by atoms with Crippen molar-refractivity contribution < 1.29 is 4.74 Å². The van der Waals surface area contributed by atoms with Gasteiger partial charge in [0.1, 0.15) is 0 Å². The van der Waals surface area contributed by atoms with Gasteiger partial charge in [-0.25, -0.2) is 0 Å². The Morgan fingerprint density at radius 3 is 1.86 bits per heavy atom. The van der Waals surface area contributed by atoms with E-state index in [0.717, 1.165) is 43.3 Å². The van der Waals surface area contributed by atoms with E-state index >= 15 is 0 Å². The number of hydrogen-bond donors (Lipinski definition) is 0. The van der Waals surface area contributed by atoms with E-state index in [1.54, 1.807) is 0 Å². The molecule has 0 heterocycles. The molecule has 0 unspecified atom stereocenters. The number of benzene rings is 1. The molecule has 29 heavy (non-hydrogen) atoms. The van der Waals surface area contributed by atoms with Crippen molar-refractivity contribution in [1.82, 2.24) is 0 Å². The monoisotopic (exact) mass is 396 g/mol. The summed E-state index contributed by atoms with van der Waals surface area (Å²) in [5.74, 6) is 3.80. The lowest BCUT2D eigenvalue weighted by atomic mass is 9.75. The van der Waals surface area contributed by atoms with Gasteiger partial charge in [0.05, 0.1) is 6.61 Å². The first-order chi connectivity index (χ1) is 14.3. The second kappa shape index (κ2) is 12.6. The lowest BCUT2D eigenvalue weighted by Crippen LogP contribution is -2.18. The Hall–Kier alpha value is -1.08. The van der Waals surface area contributed by atoms with E-state index in [4.69, 9.17) is 4.74 Å². The predicted octanol–water partition coefficient (Wildman–Crippen LogP) is 8.12. The van der Waals surface area contributed by atoms with Crippen molar-refractivity contribution in [3.8, 4) is 0 Å². The van der Waals surface area contributed by atoms with Crippen LogP contribution in [0, 0.1) is 23.7 Å². The molecule has 3 rings (SSSR count). The fourth-order valence-electron chi connectivity index (χ4n) is 5.50. The number of rotatable bonds is 11. The molecule has 0 saturated heterocycles. The normalized spacial score (nSPS) is 27.6. The summed E-state index contributed by atoms with van der Waals surface area (Å²) < 4.78 is 5.64. The molecule has 1 aromatic rings. The molecule has 1 aromatic carbocycles. The van der Waals surface area contributed by atoms with Crippen molar-refractivity contribution in [3.63, 3.8) is 0 Å². The molecule has 162 valence electrons. The van der Waals surface area contributed by atoms with E-state index in [0.29, 0.717) is 0 Å². The van der Waals surface area contributed by atoms with E-state index in [1.807, 2.05) is 0 Å². The zero-order chi connectivity index (χ0) is 20.3. The van der Waals surface area contributed by atoms with Crippen LogP contribution in [0.5, 0.6) is 0 Å². The molecule has 2 aliphatic carbocycles. The summed E-state index contributed by atoms with van der Waals surface area (Å²) in [6, 6.07) is 9.14. The van der Waals surface area contributed by atoms with Gasteiger partial charge in [-0.3, -0.25) is 0 Å². The lowest BCUT2D eigenvalue weighted by molar-refractivity contribution is 0.121. The van der Waals surface area contributed by atoms with Crippen LogP contribution in [-0.4, -0.2) is 6.61 Å². The average molecular weight is 397 g/mol. The first kappa shape index (κ1) is 22.6.